The summed E-state index contributed by atoms with van der Waals surface area (Å²) in [4.78, 5) is 23.3. The van der Waals surface area contributed by atoms with Gasteiger partial charge in [0.05, 0.1) is 0 Å². The van der Waals surface area contributed by atoms with Gasteiger partial charge in [-0.05, 0) is 30.9 Å². The fraction of sp³-hybridized carbons (Fsp3) is 0.400. The van der Waals surface area contributed by atoms with E-state index in [1.54, 1.807) is 24.7 Å². The normalized spacial score (nSPS) is 16.4. The maximum absolute atomic E-state index is 12.0. The highest BCUT2D eigenvalue weighted by molar-refractivity contribution is 5.54. The zero-order valence-electron chi connectivity index (χ0n) is 10.8. The topological polar surface area (TPSA) is 58.6 Å². The van der Waals surface area contributed by atoms with Crippen molar-refractivity contribution in [1.29, 1.82) is 0 Å². The summed E-state index contributed by atoms with van der Waals surface area (Å²) in [5, 5.41) is 0. The Labute approximate surface area is 111 Å². The number of hydrogen-bond acceptors (Lipinski definition) is 3. The van der Waals surface area contributed by atoms with E-state index >= 15 is 0 Å². The molecule has 2 aromatic heterocycles. The van der Waals surface area contributed by atoms with Crippen LogP contribution in [-0.4, -0.2) is 15.0 Å². The van der Waals surface area contributed by atoms with Gasteiger partial charge in [-0.2, -0.15) is 0 Å². The summed E-state index contributed by atoms with van der Waals surface area (Å²) in [6.07, 6.45) is 11.1. The molecule has 0 spiro atoms. The van der Waals surface area contributed by atoms with E-state index in [4.69, 9.17) is 0 Å². The van der Waals surface area contributed by atoms with Crippen molar-refractivity contribution in [2.24, 2.45) is 0 Å². The molecule has 0 radical (unpaired) electrons. The highest BCUT2D eigenvalue weighted by atomic mass is 16.1. The van der Waals surface area contributed by atoms with Gasteiger partial charge in [-0.15, -0.1) is 0 Å². The molecule has 1 N–H and O–H groups in total. The van der Waals surface area contributed by atoms with Crippen molar-refractivity contribution in [1.82, 2.24) is 15.0 Å². The van der Waals surface area contributed by atoms with Crippen LogP contribution in [0.15, 0.2) is 35.5 Å². The van der Waals surface area contributed by atoms with Gasteiger partial charge < -0.3 is 4.98 Å². The summed E-state index contributed by atoms with van der Waals surface area (Å²) in [7, 11) is 0. The van der Waals surface area contributed by atoms with Gasteiger partial charge in [0.25, 0.3) is 5.56 Å². The lowest BCUT2D eigenvalue weighted by Crippen LogP contribution is -2.18. The van der Waals surface area contributed by atoms with Crippen molar-refractivity contribution >= 4 is 0 Å². The van der Waals surface area contributed by atoms with Crippen molar-refractivity contribution in [3.05, 3.63) is 46.6 Å². The number of aromatic nitrogens is 3. The predicted molar refractivity (Wildman–Crippen MR) is 73.9 cm³/mol. The predicted octanol–water partition coefficient (Wildman–Crippen LogP) is 2.88. The largest absolute Gasteiger partial charge is 0.328 e. The summed E-state index contributed by atoms with van der Waals surface area (Å²) < 4.78 is 0. The van der Waals surface area contributed by atoms with Gasteiger partial charge >= 0.3 is 0 Å². The fourth-order valence-corrected chi connectivity index (χ4v) is 2.80. The molecule has 0 atom stereocenters. The minimum absolute atomic E-state index is 0.0339. The van der Waals surface area contributed by atoms with Crippen molar-refractivity contribution in [2.45, 2.75) is 38.0 Å². The van der Waals surface area contributed by atoms with Crippen LogP contribution >= 0.6 is 0 Å². The summed E-state index contributed by atoms with van der Waals surface area (Å²) in [6, 6.07) is 3.75. The Morgan fingerprint density at radius 3 is 2.58 bits per heavy atom. The molecule has 4 heteroatoms. The maximum atomic E-state index is 12.0. The van der Waals surface area contributed by atoms with Gasteiger partial charge in [-0.25, -0.2) is 9.97 Å². The second-order valence-electron chi connectivity index (χ2n) is 5.08. The van der Waals surface area contributed by atoms with Gasteiger partial charge in [0.15, 0.2) is 5.82 Å². The molecule has 0 aliphatic heterocycles. The zero-order chi connectivity index (χ0) is 13.1. The first kappa shape index (κ1) is 12.1. The van der Waals surface area contributed by atoms with E-state index in [-0.39, 0.29) is 5.56 Å². The third-order valence-corrected chi connectivity index (χ3v) is 3.80. The molecule has 98 valence electrons. The van der Waals surface area contributed by atoms with Crippen LogP contribution in [0.5, 0.6) is 0 Å². The average molecular weight is 255 g/mol. The number of rotatable bonds is 2. The van der Waals surface area contributed by atoms with Crippen LogP contribution < -0.4 is 5.56 Å². The molecule has 1 aliphatic rings. The third-order valence-electron chi connectivity index (χ3n) is 3.80. The molecule has 4 nitrogen and oxygen atoms in total. The molecule has 1 fully saturated rings. The first-order chi connectivity index (χ1) is 9.34. The van der Waals surface area contributed by atoms with E-state index in [1.165, 1.54) is 19.3 Å². The molecule has 1 saturated carbocycles. The number of nitrogens with zero attached hydrogens (tertiary/aromatic N) is 2. The van der Waals surface area contributed by atoms with Gasteiger partial charge in [-0.3, -0.25) is 4.79 Å². The fourth-order valence-electron chi connectivity index (χ4n) is 2.80. The van der Waals surface area contributed by atoms with Gasteiger partial charge in [-0.1, -0.05) is 19.3 Å². The molecule has 0 saturated heterocycles. The minimum Gasteiger partial charge on any atom is -0.328 e. The van der Waals surface area contributed by atoms with Crippen LogP contribution in [0.4, 0.5) is 0 Å². The number of aromatic amines is 1. The number of hydrogen-bond donors (Lipinski definition) is 1. The third kappa shape index (κ3) is 2.57. The van der Waals surface area contributed by atoms with Crippen LogP contribution in [0, 0.1) is 0 Å². The Kier molecular flexibility index (Phi) is 3.40. The molecule has 1 aliphatic carbocycles. The number of H-pyrrole nitrogens is 1. The monoisotopic (exact) mass is 255 g/mol. The molecule has 0 unspecified atom stereocenters. The van der Waals surface area contributed by atoms with Crippen molar-refractivity contribution in [2.75, 3.05) is 0 Å². The van der Waals surface area contributed by atoms with Crippen LogP contribution in [0.2, 0.25) is 0 Å². The quantitative estimate of drug-likeness (QED) is 0.897. The van der Waals surface area contributed by atoms with Crippen LogP contribution in [-0.2, 0) is 0 Å². The van der Waals surface area contributed by atoms with E-state index in [9.17, 15) is 4.79 Å². The average Bonchev–Trinajstić information content (AvgIpc) is 2.49. The summed E-state index contributed by atoms with van der Waals surface area (Å²) in [5.74, 6) is 1.05. The van der Waals surface area contributed by atoms with E-state index in [0.29, 0.717) is 11.7 Å². The van der Waals surface area contributed by atoms with Gasteiger partial charge in [0, 0.05) is 29.7 Å². The van der Waals surface area contributed by atoms with Gasteiger partial charge in [0.1, 0.15) is 0 Å². The van der Waals surface area contributed by atoms with Crippen molar-refractivity contribution < 1.29 is 0 Å². The highest BCUT2D eigenvalue weighted by Gasteiger charge is 2.19. The Bertz CT molecular complexity index is 600. The Hall–Kier alpha value is -1.97. The molecule has 0 aromatic carbocycles. The molecular formula is C15H17N3O. The molecule has 19 heavy (non-hydrogen) atoms. The molecule has 3 rings (SSSR count). The highest BCUT2D eigenvalue weighted by Crippen LogP contribution is 2.31. The first-order valence-electron chi connectivity index (χ1n) is 6.84. The van der Waals surface area contributed by atoms with Crippen molar-refractivity contribution in [3.8, 4) is 11.4 Å². The Balaban J connectivity index is 1.98. The SMILES string of the molecule is O=c1[nH]cc(-c2ncccn2)cc1C1CCCCC1. The van der Waals surface area contributed by atoms with E-state index < -0.39 is 0 Å². The first-order valence-corrected chi connectivity index (χ1v) is 6.84. The number of nitrogens with one attached hydrogen (secondary N) is 1. The lowest BCUT2D eigenvalue weighted by molar-refractivity contribution is 0.441. The second kappa shape index (κ2) is 5.34. The van der Waals surface area contributed by atoms with Crippen LogP contribution in [0.25, 0.3) is 11.4 Å². The molecule has 2 aromatic rings. The van der Waals surface area contributed by atoms with Crippen molar-refractivity contribution in [3.63, 3.8) is 0 Å². The minimum atomic E-state index is 0.0339. The summed E-state index contributed by atoms with van der Waals surface area (Å²) in [5.41, 5.74) is 1.82. The lowest BCUT2D eigenvalue weighted by Gasteiger charge is -2.21. The smallest absolute Gasteiger partial charge is 0.251 e. The second-order valence-corrected chi connectivity index (χ2v) is 5.08. The summed E-state index contributed by atoms with van der Waals surface area (Å²) >= 11 is 0. The van der Waals surface area contributed by atoms with Crippen LogP contribution in [0.1, 0.15) is 43.6 Å². The Morgan fingerprint density at radius 1 is 1.11 bits per heavy atom. The van der Waals surface area contributed by atoms with E-state index in [0.717, 1.165) is 24.0 Å². The lowest BCUT2D eigenvalue weighted by atomic mass is 9.84. The standard InChI is InChI=1S/C15H17N3O/c19-15-13(11-5-2-1-3-6-11)9-12(10-18-15)14-16-7-4-8-17-14/h4,7-11H,1-3,5-6H2,(H,18,19). The van der Waals surface area contributed by atoms with Gasteiger partial charge in [0.2, 0.25) is 0 Å². The molecule has 2 heterocycles. The summed E-state index contributed by atoms with van der Waals surface area (Å²) in [6.45, 7) is 0. The number of pyridine rings is 1. The molecule has 0 amide bonds. The van der Waals surface area contributed by atoms with Crippen LogP contribution in [0.3, 0.4) is 0 Å². The maximum Gasteiger partial charge on any atom is 0.251 e. The van der Waals surface area contributed by atoms with E-state index in [2.05, 4.69) is 15.0 Å². The zero-order valence-corrected chi connectivity index (χ0v) is 10.8. The Morgan fingerprint density at radius 2 is 1.84 bits per heavy atom. The van der Waals surface area contributed by atoms with E-state index in [1.807, 2.05) is 6.07 Å². The molecule has 0 bridgehead atoms. The molecular weight excluding hydrogens is 238 g/mol.